The van der Waals surface area contributed by atoms with E-state index in [2.05, 4.69) is 35.7 Å². The highest BCUT2D eigenvalue weighted by Crippen LogP contribution is 2.34. The Hall–Kier alpha value is -1.63. The van der Waals surface area contributed by atoms with Crippen molar-refractivity contribution in [1.29, 1.82) is 5.26 Å². The zero-order valence-electron chi connectivity index (χ0n) is 10.8. The lowest BCUT2D eigenvalue weighted by Crippen LogP contribution is -2.18. The van der Waals surface area contributed by atoms with E-state index in [-0.39, 0.29) is 6.04 Å². The summed E-state index contributed by atoms with van der Waals surface area (Å²) in [6.07, 6.45) is 0. The van der Waals surface area contributed by atoms with Crippen molar-refractivity contribution in [3.63, 3.8) is 0 Å². The van der Waals surface area contributed by atoms with Crippen LogP contribution in [0.5, 0.6) is 0 Å². The third kappa shape index (κ3) is 2.63. The van der Waals surface area contributed by atoms with Gasteiger partial charge in [0.15, 0.2) is 0 Å². The molecule has 1 aliphatic rings. The van der Waals surface area contributed by atoms with Crippen molar-refractivity contribution >= 4 is 29.1 Å². The van der Waals surface area contributed by atoms with Gasteiger partial charge in [-0.2, -0.15) is 17.0 Å². The average Bonchev–Trinajstić information content (AvgIpc) is 2.48. The number of thioether (sulfide) groups is 1. The lowest BCUT2D eigenvalue weighted by molar-refractivity contribution is 0.871. The van der Waals surface area contributed by atoms with Gasteiger partial charge in [-0.25, -0.2) is 0 Å². The topological polar surface area (TPSA) is 35.8 Å². The molecule has 3 rings (SSSR count). The lowest BCUT2D eigenvalue weighted by atomic mass is 10.0. The summed E-state index contributed by atoms with van der Waals surface area (Å²) in [6.45, 7) is 0. The highest BCUT2D eigenvalue weighted by molar-refractivity contribution is 7.98. The number of nitriles is 1. The van der Waals surface area contributed by atoms with Crippen LogP contribution in [0.2, 0.25) is 5.02 Å². The Balaban J connectivity index is 1.86. The smallest absolute Gasteiger partial charge is 0.101 e. The zero-order chi connectivity index (χ0) is 13.9. The van der Waals surface area contributed by atoms with E-state index >= 15 is 0 Å². The Kier molecular flexibility index (Phi) is 3.86. The maximum Gasteiger partial charge on any atom is 0.101 e. The fourth-order valence-electron chi connectivity index (χ4n) is 2.40. The first-order valence-corrected chi connectivity index (χ1v) is 7.93. The van der Waals surface area contributed by atoms with Crippen molar-refractivity contribution in [3.05, 3.63) is 64.2 Å². The van der Waals surface area contributed by atoms with E-state index in [0.717, 1.165) is 17.2 Å². The number of nitrogens with zero attached hydrogens (tertiary/aromatic N) is 1. The first kappa shape index (κ1) is 13.4. The van der Waals surface area contributed by atoms with E-state index in [1.807, 2.05) is 23.9 Å². The van der Waals surface area contributed by atoms with Gasteiger partial charge in [-0.15, -0.1) is 0 Å². The standard InChI is InChI=1S/C16H13ClN2S/c17-15-7-13(6-5-11(15)8-18)19-16-10-20-9-12-3-1-2-4-14(12)16/h1-7,16,19H,9-10H2. The summed E-state index contributed by atoms with van der Waals surface area (Å²) in [7, 11) is 0. The Morgan fingerprint density at radius 1 is 1.25 bits per heavy atom. The normalized spacial score (nSPS) is 17.1. The molecule has 1 heterocycles. The van der Waals surface area contributed by atoms with Crippen LogP contribution in [0.25, 0.3) is 0 Å². The summed E-state index contributed by atoms with van der Waals surface area (Å²) in [5, 5.41) is 12.9. The van der Waals surface area contributed by atoms with Crippen molar-refractivity contribution in [1.82, 2.24) is 0 Å². The Labute approximate surface area is 127 Å². The van der Waals surface area contributed by atoms with Gasteiger partial charge in [0.1, 0.15) is 6.07 Å². The highest BCUT2D eigenvalue weighted by Gasteiger charge is 2.19. The molecule has 0 radical (unpaired) electrons. The minimum absolute atomic E-state index is 0.286. The van der Waals surface area contributed by atoms with E-state index in [0.29, 0.717) is 10.6 Å². The van der Waals surface area contributed by atoms with Gasteiger partial charge >= 0.3 is 0 Å². The number of benzene rings is 2. The van der Waals surface area contributed by atoms with Crippen molar-refractivity contribution in [3.8, 4) is 6.07 Å². The number of anilines is 1. The van der Waals surface area contributed by atoms with E-state index in [9.17, 15) is 0 Å². The molecule has 1 atom stereocenters. The number of hydrogen-bond acceptors (Lipinski definition) is 3. The fraction of sp³-hybridized carbons (Fsp3) is 0.188. The van der Waals surface area contributed by atoms with Crippen LogP contribution in [0.15, 0.2) is 42.5 Å². The summed E-state index contributed by atoms with van der Waals surface area (Å²) >= 11 is 8.01. The van der Waals surface area contributed by atoms with Crippen LogP contribution in [-0.4, -0.2) is 5.75 Å². The predicted molar refractivity (Wildman–Crippen MR) is 85.1 cm³/mol. The highest BCUT2D eigenvalue weighted by atomic mass is 35.5. The van der Waals surface area contributed by atoms with Gasteiger partial charge in [-0.05, 0) is 29.3 Å². The van der Waals surface area contributed by atoms with Crippen LogP contribution in [-0.2, 0) is 5.75 Å². The lowest BCUT2D eigenvalue weighted by Gasteiger charge is -2.27. The second kappa shape index (κ2) is 5.78. The SMILES string of the molecule is N#Cc1ccc(NC2CSCc3ccccc32)cc1Cl. The van der Waals surface area contributed by atoms with Gasteiger partial charge in [0, 0.05) is 17.2 Å². The maximum absolute atomic E-state index is 8.90. The van der Waals surface area contributed by atoms with Crippen LogP contribution in [0, 0.1) is 11.3 Å². The predicted octanol–water partition coefficient (Wildman–Crippen LogP) is 4.61. The van der Waals surface area contributed by atoms with E-state index in [4.69, 9.17) is 16.9 Å². The first-order chi connectivity index (χ1) is 9.78. The molecule has 0 saturated carbocycles. The molecule has 2 aromatic rings. The molecule has 0 saturated heterocycles. The number of hydrogen-bond donors (Lipinski definition) is 1. The third-order valence-corrected chi connectivity index (χ3v) is 4.80. The van der Waals surface area contributed by atoms with Crippen LogP contribution in [0.4, 0.5) is 5.69 Å². The van der Waals surface area contributed by atoms with Crippen molar-refractivity contribution in [2.24, 2.45) is 0 Å². The minimum atomic E-state index is 0.286. The van der Waals surface area contributed by atoms with Crippen LogP contribution in [0.1, 0.15) is 22.7 Å². The molecule has 100 valence electrons. The largest absolute Gasteiger partial charge is 0.377 e. The monoisotopic (exact) mass is 300 g/mol. The molecule has 2 nitrogen and oxygen atoms in total. The second-order valence-electron chi connectivity index (χ2n) is 4.72. The molecule has 0 bridgehead atoms. The van der Waals surface area contributed by atoms with Crippen LogP contribution >= 0.6 is 23.4 Å². The molecular weight excluding hydrogens is 288 g/mol. The molecule has 2 aromatic carbocycles. The Morgan fingerprint density at radius 3 is 2.90 bits per heavy atom. The number of nitrogens with one attached hydrogen (secondary N) is 1. The van der Waals surface area contributed by atoms with Crippen molar-refractivity contribution in [2.75, 3.05) is 11.1 Å². The molecule has 20 heavy (non-hydrogen) atoms. The van der Waals surface area contributed by atoms with E-state index in [1.54, 1.807) is 6.07 Å². The van der Waals surface area contributed by atoms with E-state index < -0.39 is 0 Å². The number of fused-ring (bicyclic) bond motifs is 1. The molecule has 0 spiro atoms. The summed E-state index contributed by atoms with van der Waals surface area (Å²) in [5.41, 5.74) is 4.21. The average molecular weight is 301 g/mol. The molecule has 0 fully saturated rings. The molecule has 1 N–H and O–H groups in total. The summed E-state index contributed by atoms with van der Waals surface area (Å²) < 4.78 is 0. The minimum Gasteiger partial charge on any atom is -0.377 e. The molecule has 1 unspecified atom stereocenters. The molecule has 4 heteroatoms. The van der Waals surface area contributed by atoms with Crippen molar-refractivity contribution in [2.45, 2.75) is 11.8 Å². The second-order valence-corrected chi connectivity index (χ2v) is 6.15. The Morgan fingerprint density at radius 2 is 2.10 bits per heavy atom. The van der Waals surface area contributed by atoms with Crippen LogP contribution < -0.4 is 5.32 Å². The third-order valence-electron chi connectivity index (χ3n) is 3.40. The quantitative estimate of drug-likeness (QED) is 0.879. The molecule has 0 amide bonds. The van der Waals surface area contributed by atoms with Gasteiger partial charge < -0.3 is 5.32 Å². The zero-order valence-corrected chi connectivity index (χ0v) is 12.3. The number of rotatable bonds is 2. The first-order valence-electron chi connectivity index (χ1n) is 6.39. The van der Waals surface area contributed by atoms with Gasteiger partial charge in [0.2, 0.25) is 0 Å². The van der Waals surface area contributed by atoms with Gasteiger partial charge in [0.25, 0.3) is 0 Å². The summed E-state index contributed by atoms with van der Waals surface area (Å²) in [6, 6.07) is 16.4. The van der Waals surface area contributed by atoms with E-state index in [1.165, 1.54) is 11.1 Å². The van der Waals surface area contributed by atoms with Crippen molar-refractivity contribution < 1.29 is 0 Å². The Bertz CT molecular complexity index is 678. The van der Waals surface area contributed by atoms with Gasteiger partial charge in [0.05, 0.1) is 16.6 Å². The number of halogens is 1. The molecular formula is C16H13ClN2S. The van der Waals surface area contributed by atoms with Gasteiger partial charge in [-0.1, -0.05) is 35.9 Å². The molecule has 0 aliphatic carbocycles. The molecule has 1 aliphatic heterocycles. The summed E-state index contributed by atoms with van der Waals surface area (Å²) in [4.78, 5) is 0. The fourth-order valence-corrected chi connectivity index (χ4v) is 3.72. The molecule has 0 aromatic heterocycles. The summed E-state index contributed by atoms with van der Waals surface area (Å²) in [5.74, 6) is 2.11. The maximum atomic E-state index is 8.90. The van der Waals surface area contributed by atoms with Crippen LogP contribution in [0.3, 0.4) is 0 Å². The van der Waals surface area contributed by atoms with Gasteiger partial charge in [-0.3, -0.25) is 0 Å².